The molecule has 0 aliphatic carbocycles. The molecule has 1 unspecified atom stereocenters. The number of hydrogen-bond acceptors (Lipinski definition) is 4. The Morgan fingerprint density at radius 1 is 1.27 bits per heavy atom. The fourth-order valence-corrected chi connectivity index (χ4v) is 3.31. The highest BCUT2D eigenvalue weighted by molar-refractivity contribution is 7.89. The molecule has 0 bridgehead atoms. The largest absolute Gasteiger partial charge is 0.352 e. The summed E-state index contributed by atoms with van der Waals surface area (Å²) in [7, 11) is -3.53. The van der Waals surface area contributed by atoms with Crippen molar-refractivity contribution in [3.63, 3.8) is 0 Å². The van der Waals surface area contributed by atoms with Crippen LogP contribution in [-0.2, 0) is 14.8 Å². The van der Waals surface area contributed by atoms with Crippen LogP contribution in [0.2, 0.25) is 0 Å². The van der Waals surface area contributed by atoms with Crippen LogP contribution in [0.4, 0.5) is 0 Å². The van der Waals surface area contributed by atoms with Crippen LogP contribution >= 0.6 is 12.4 Å². The van der Waals surface area contributed by atoms with Gasteiger partial charge in [-0.05, 0) is 31.5 Å². The minimum atomic E-state index is -3.53. The molecule has 2 rings (SSSR count). The second-order valence-corrected chi connectivity index (χ2v) is 6.84. The van der Waals surface area contributed by atoms with Gasteiger partial charge in [-0.3, -0.25) is 4.79 Å². The zero-order valence-electron chi connectivity index (χ0n) is 12.2. The predicted octanol–water partition coefficient (Wildman–Crippen LogP) is 0.645. The molecular formula is C14H22ClN3O3S. The zero-order chi connectivity index (χ0) is 15.1. The monoisotopic (exact) mass is 347 g/mol. The number of halogens is 1. The molecule has 1 aliphatic rings. The number of piperidine rings is 1. The third-order valence-corrected chi connectivity index (χ3v) is 4.84. The summed E-state index contributed by atoms with van der Waals surface area (Å²) >= 11 is 0. The van der Waals surface area contributed by atoms with Crippen LogP contribution in [0, 0.1) is 0 Å². The van der Waals surface area contributed by atoms with Crippen molar-refractivity contribution < 1.29 is 13.2 Å². The average Bonchev–Trinajstić information content (AvgIpc) is 2.49. The van der Waals surface area contributed by atoms with E-state index in [1.165, 1.54) is 12.1 Å². The summed E-state index contributed by atoms with van der Waals surface area (Å²) in [6.45, 7) is 1.87. The van der Waals surface area contributed by atoms with Gasteiger partial charge in [0.1, 0.15) is 0 Å². The second kappa shape index (κ2) is 9.09. The maximum Gasteiger partial charge on any atom is 0.240 e. The third kappa shape index (κ3) is 5.92. The Bertz CT molecular complexity index is 560. The lowest BCUT2D eigenvalue weighted by Crippen LogP contribution is -2.46. The van der Waals surface area contributed by atoms with Crippen LogP contribution in [0.15, 0.2) is 35.2 Å². The molecule has 8 heteroatoms. The molecule has 1 aromatic rings. The van der Waals surface area contributed by atoms with Crippen LogP contribution in [0.1, 0.15) is 19.3 Å². The van der Waals surface area contributed by atoms with Crippen molar-refractivity contribution in [2.45, 2.75) is 30.2 Å². The van der Waals surface area contributed by atoms with Crippen LogP contribution in [-0.4, -0.2) is 40.0 Å². The zero-order valence-corrected chi connectivity index (χ0v) is 13.9. The summed E-state index contributed by atoms with van der Waals surface area (Å²) in [6.07, 6.45) is 2.16. The Morgan fingerprint density at radius 3 is 2.64 bits per heavy atom. The Balaban J connectivity index is 0.00000242. The topological polar surface area (TPSA) is 87.3 Å². The number of benzene rings is 1. The van der Waals surface area contributed by atoms with Gasteiger partial charge in [-0.15, -0.1) is 12.4 Å². The van der Waals surface area contributed by atoms with E-state index in [-0.39, 0.29) is 42.2 Å². The van der Waals surface area contributed by atoms with Crippen molar-refractivity contribution >= 4 is 28.3 Å². The van der Waals surface area contributed by atoms with Gasteiger partial charge in [0.25, 0.3) is 0 Å². The summed E-state index contributed by atoms with van der Waals surface area (Å²) in [5.74, 6) is -0.125. The van der Waals surface area contributed by atoms with Gasteiger partial charge >= 0.3 is 0 Å². The molecule has 0 saturated carbocycles. The molecule has 1 atom stereocenters. The molecule has 124 valence electrons. The number of carbonyl (C=O) groups excluding carboxylic acids is 1. The van der Waals surface area contributed by atoms with E-state index >= 15 is 0 Å². The molecule has 1 fully saturated rings. The molecule has 0 aromatic heterocycles. The summed E-state index contributed by atoms with van der Waals surface area (Å²) in [4.78, 5) is 12.0. The van der Waals surface area contributed by atoms with Crippen molar-refractivity contribution in [1.82, 2.24) is 15.4 Å². The Hall–Kier alpha value is -1.15. The van der Waals surface area contributed by atoms with Gasteiger partial charge < -0.3 is 10.6 Å². The highest BCUT2D eigenvalue weighted by atomic mass is 35.5. The van der Waals surface area contributed by atoms with Crippen LogP contribution < -0.4 is 15.4 Å². The SMILES string of the molecule is Cl.O=C(CCNS(=O)(=O)c1ccccc1)NC1CCCNC1. The maximum atomic E-state index is 12.0. The fraction of sp³-hybridized carbons (Fsp3) is 0.500. The fourth-order valence-electron chi connectivity index (χ4n) is 2.26. The minimum Gasteiger partial charge on any atom is -0.352 e. The summed E-state index contributed by atoms with van der Waals surface area (Å²) in [6, 6.07) is 8.28. The first-order valence-electron chi connectivity index (χ1n) is 7.13. The van der Waals surface area contributed by atoms with E-state index in [4.69, 9.17) is 0 Å². The second-order valence-electron chi connectivity index (χ2n) is 5.07. The van der Waals surface area contributed by atoms with E-state index in [0.29, 0.717) is 0 Å². The van der Waals surface area contributed by atoms with Crippen molar-refractivity contribution in [1.29, 1.82) is 0 Å². The van der Waals surface area contributed by atoms with E-state index in [1.54, 1.807) is 18.2 Å². The molecule has 3 N–H and O–H groups in total. The summed E-state index contributed by atoms with van der Waals surface area (Å²) in [5, 5.41) is 6.12. The number of rotatable bonds is 6. The summed E-state index contributed by atoms with van der Waals surface area (Å²) < 4.78 is 26.3. The van der Waals surface area contributed by atoms with Crippen LogP contribution in [0.3, 0.4) is 0 Å². The van der Waals surface area contributed by atoms with Gasteiger partial charge in [0.15, 0.2) is 0 Å². The van der Waals surface area contributed by atoms with E-state index in [9.17, 15) is 13.2 Å². The first kappa shape index (κ1) is 18.9. The van der Waals surface area contributed by atoms with Crippen LogP contribution in [0.5, 0.6) is 0 Å². The van der Waals surface area contributed by atoms with Crippen molar-refractivity contribution in [3.8, 4) is 0 Å². The highest BCUT2D eigenvalue weighted by Crippen LogP contribution is 2.07. The van der Waals surface area contributed by atoms with Crippen molar-refractivity contribution in [2.75, 3.05) is 19.6 Å². The smallest absolute Gasteiger partial charge is 0.240 e. The van der Waals surface area contributed by atoms with Gasteiger partial charge in [0.05, 0.1) is 4.90 Å². The first-order valence-corrected chi connectivity index (χ1v) is 8.61. The van der Waals surface area contributed by atoms with Crippen LogP contribution in [0.25, 0.3) is 0 Å². The van der Waals surface area contributed by atoms with Gasteiger partial charge in [-0.1, -0.05) is 18.2 Å². The Labute approximate surface area is 137 Å². The molecule has 1 aliphatic heterocycles. The first-order chi connectivity index (χ1) is 10.1. The average molecular weight is 348 g/mol. The molecule has 1 saturated heterocycles. The normalized spacial score (nSPS) is 18.3. The Kier molecular flexibility index (Phi) is 7.81. The summed E-state index contributed by atoms with van der Waals surface area (Å²) in [5.41, 5.74) is 0. The molecular weight excluding hydrogens is 326 g/mol. The number of carbonyl (C=O) groups is 1. The van der Waals surface area contributed by atoms with E-state index in [1.807, 2.05) is 0 Å². The van der Waals surface area contributed by atoms with Crippen molar-refractivity contribution in [3.05, 3.63) is 30.3 Å². The Morgan fingerprint density at radius 2 is 2.00 bits per heavy atom. The minimum absolute atomic E-state index is 0. The molecule has 0 radical (unpaired) electrons. The van der Waals surface area contributed by atoms with Gasteiger partial charge in [-0.25, -0.2) is 13.1 Å². The lowest BCUT2D eigenvalue weighted by Gasteiger charge is -2.23. The standard InChI is InChI=1S/C14H21N3O3S.ClH/c18-14(17-12-5-4-9-15-11-12)8-10-16-21(19,20)13-6-2-1-3-7-13;/h1-3,6-7,12,15-16H,4-5,8-11H2,(H,17,18);1H. The quantitative estimate of drug-likeness (QED) is 0.705. The molecule has 22 heavy (non-hydrogen) atoms. The molecule has 0 spiro atoms. The van der Waals surface area contributed by atoms with Gasteiger partial charge in [-0.2, -0.15) is 0 Å². The number of hydrogen-bond donors (Lipinski definition) is 3. The lowest BCUT2D eigenvalue weighted by atomic mass is 10.1. The van der Waals surface area contributed by atoms with Gasteiger partial charge in [0, 0.05) is 25.6 Å². The number of sulfonamides is 1. The number of nitrogens with one attached hydrogen (secondary N) is 3. The molecule has 1 heterocycles. The number of amides is 1. The third-order valence-electron chi connectivity index (χ3n) is 3.36. The van der Waals surface area contributed by atoms with E-state index < -0.39 is 10.0 Å². The van der Waals surface area contributed by atoms with Gasteiger partial charge in [0.2, 0.25) is 15.9 Å². The van der Waals surface area contributed by atoms with E-state index in [2.05, 4.69) is 15.4 Å². The highest BCUT2D eigenvalue weighted by Gasteiger charge is 2.16. The maximum absolute atomic E-state index is 12.0. The predicted molar refractivity (Wildman–Crippen MR) is 87.5 cm³/mol. The molecule has 1 aromatic carbocycles. The molecule has 1 amide bonds. The molecule has 6 nitrogen and oxygen atoms in total. The van der Waals surface area contributed by atoms with Crippen molar-refractivity contribution in [2.24, 2.45) is 0 Å². The van der Waals surface area contributed by atoms with E-state index in [0.717, 1.165) is 25.9 Å². The lowest BCUT2D eigenvalue weighted by molar-refractivity contribution is -0.121.